The lowest BCUT2D eigenvalue weighted by molar-refractivity contribution is -0.794. The van der Waals surface area contributed by atoms with Crippen molar-refractivity contribution in [2.45, 2.75) is 32.4 Å². The maximum Gasteiger partial charge on any atom is 0.521 e. The summed E-state index contributed by atoms with van der Waals surface area (Å²) in [5, 5.41) is 9.34. The van der Waals surface area contributed by atoms with Gasteiger partial charge in [0.1, 0.15) is 12.6 Å². The molecule has 0 saturated carbocycles. The Kier molecular flexibility index (Phi) is 3.98. The van der Waals surface area contributed by atoms with Gasteiger partial charge in [0.05, 0.1) is 12.0 Å². The zero-order chi connectivity index (χ0) is 12.5. The highest BCUT2D eigenvalue weighted by atomic mass is 32.1. The van der Waals surface area contributed by atoms with E-state index < -0.39 is 10.6 Å². The summed E-state index contributed by atoms with van der Waals surface area (Å²) in [5.41, 5.74) is 5.77. The van der Waals surface area contributed by atoms with Crippen molar-refractivity contribution in [2.24, 2.45) is 11.7 Å². The van der Waals surface area contributed by atoms with Gasteiger partial charge in [-0.05, 0) is 13.8 Å². The quantitative estimate of drug-likeness (QED) is 0.495. The smallest absolute Gasteiger partial charge is 0.435 e. The van der Waals surface area contributed by atoms with E-state index in [4.69, 9.17) is 5.73 Å². The molecule has 2 amide bonds. The highest BCUT2D eigenvalue weighted by Crippen LogP contribution is 2.29. The molecule has 1 aliphatic rings. The number of imide groups is 1. The molecular weight excluding hydrogens is 228 g/mol. The van der Waals surface area contributed by atoms with Crippen LogP contribution in [0.25, 0.3) is 0 Å². The van der Waals surface area contributed by atoms with Crippen molar-refractivity contribution in [3.63, 3.8) is 0 Å². The van der Waals surface area contributed by atoms with Crippen LogP contribution in [0.3, 0.4) is 0 Å². The van der Waals surface area contributed by atoms with Gasteiger partial charge in [-0.2, -0.15) is 21.9 Å². The maximum absolute atomic E-state index is 12.2. The first-order chi connectivity index (χ1) is 7.36. The van der Waals surface area contributed by atoms with Crippen LogP contribution in [0.2, 0.25) is 0 Å². The normalized spacial score (nSPS) is 36.0. The minimum absolute atomic E-state index is 0.188. The summed E-state index contributed by atoms with van der Waals surface area (Å²) in [5.74, 6) is -0.302. The van der Waals surface area contributed by atoms with E-state index in [0.717, 1.165) is 0 Å². The van der Waals surface area contributed by atoms with Gasteiger partial charge in [-0.1, -0.05) is 0 Å². The third kappa shape index (κ3) is 1.97. The van der Waals surface area contributed by atoms with Crippen molar-refractivity contribution in [3.8, 4) is 0 Å². The SMILES string of the molecule is CC(CS)C(=O)[N@+]1(C(=O)O)C[C@@H](N)CC1C. The first-order valence-corrected chi connectivity index (χ1v) is 6.01. The Bertz CT molecular complexity index is 310. The predicted octanol–water partition coefficient (Wildman–Crippen LogP) is 0.693. The van der Waals surface area contributed by atoms with E-state index in [0.29, 0.717) is 12.2 Å². The molecule has 0 aromatic carbocycles. The predicted molar refractivity (Wildman–Crippen MR) is 63.2 cm³/mol. The number of hydrogen-bond donors (Lipinski definition) is 3. The fraction of sp³-hybridized carbons (Fsp3) is 0.800. The average molecular weight is 247 g/mol. The molecule has 0 aliphatic carbocycles. The van der Waals surface area contributed by atoms with Gasteiger partial charge in [-0.3, -0.25) is 0 Å². The largest absolute Gasteiger partial charge is 0.521 e. The Balaban J connectivity index is 3.08. The first-order valence-electron chi connectivity index (χ1n) is 5.38. The van der Waals surface area contributed by atoms with Gasteiger partial charge in [0.2, 0.25) is 0 Å². The molecule has 4 atom stereocenters. The molecule has 1 heterocycles. The molecule has 1 fully saturated rings. The zero-order valence-electron chi connectivity index (χ0n) is 9.59. The van der Waals surface area contributed by atoms with Crippen molar-refractivity contribution in [3.05, 3.63) is 0 Å². The zero-order valence-corrected chi connectivity index (χ0v) is 10.5. The molecule has 0 spiro atoms. The van der Waals surface area contributed by atoms with Gasteiger partial charge in [0.15, 0.2) is 0 Å². The van der Waals surface area contributed by atoms with E-state index in [9.17, 15) is 14.7 Å². The van der Waals surface area contributed by atoms with Crippen LogP contribution >= 0.6 is 12.6 Å². The van der Waals surface area contributed by atoms with Gasteiger partial charge >= 0.3 is 12.0 Å². The van der Waals surface area contributed by atoms with Gasteiger partial charge in [0, 0.05) is 12.2 Å². The molecule has 5 nitrogen and oxygen atoms in total. The second-order valence-corrected chi connectivity index (χ2v) is 4.97. The molecule has 3 N–H and O–H groups in total. The number of likely N-dealkylation sites (tertiary alicyclic amines) is 1. The lowest BCUT2D eigenvalue weighted by atomic mass is 10.1. The number of quaternary nitrogens is 1. The second-order valence-electron chi connectivity index (χ2n) is 4.60. The fourth-order valence-electron chi connectivity index (χ4n) is 2.38. The molecule has 6 heteroatoms. The molecule has 1 rings (SSSR count). The third-order valence-corrected chi connectivity index (χ3v) is 3.90. The van der Waals surface area contributed by atoms with Gasteiger partial charge in [0.25, 0.3) is 0 Å². The second kappa shape index (κ2) is 4.73. The van der Waals surface area contributed by atoms with Crippen LogP contribution in [-0.2, 0) is 4.79 Å². The summed E-state index contributed by atoms with van der Waals surface area (Å²) in [7, 11) is 0. The summed E-state index contributed by atoms with van der Waals surface area (Å²) in [6, 6.07) is -0.482. The molecule has 92 valence electrons. The molecular formula is C10H19N2O3S+. The minimum Gasteiger partial charge on any atom is -0.435 e. The Labute approximate surface area is 101 Å². The van der Waals surface area contributed by atoms with Crippen LogP contribution < -0.4 is 5.73 Å². The van der Waals surface area contributed by atoms with E-state index >= 15 is 0 Å². The van der Waals surface area contributed by atoms with Crippen molar-refractivity contribution < 1.29 is 19.2 Å². The van der Waals surface area contributed by atoms with Crippen LogP contribution in [-0.4, -0.2) is 46.0 Å². The Hall–Kier alpha value is -0.590. The summed E-state index contributed by atoms with van der Waals surface area (Å²) in [6.07, 6.45) is -0.531. The van der Waals surface area contributed by atoms with Crippen LogP contribution in [0.15, 0.2) is 0 Å². The highest BCUT2D eigenvalue weighted by Gasteiger charge is 2.56. The van der Waals surface area contributed by atoms with E-state index in [1.54, 1.807) is 13.8 Å². The van der Waals surface area contributed by atoms with Crippen LogP contribution in [0, 0.1) is 5.92 Å². The fourth-order valence-corrected chi connectivity index (χ4v) is 2.54. The molecule has 0 radical (unpaired) electrons. The van der Waals surface area contributed by atoms with Gasteiger partial charge < -0.3 is 10.8 Å². The van der Waals surface area contributed by atoms with Crippen molar-refractivity contribution in [2.75, 3.05) is 12.3 Å². The monoisotopic (exact) mass is 247 g/mol. The number of thiol groups is 1. The molecule has 0 aromatic heterocycles. The maximum atomic E-state index is 12.2. The number of carbonyl (C=O) groups excluding carboxylic acids is 1. The van der Waals surface area contributed by atoms with Crippen LogP contribution in [0.5, 0.6) is 0 Å². The van der Waals surface area contributed by atoms with Crippen molar-refractivity contribution in [1.29, 1.82) is 0 Å². The number of hydrogen-bond acceptors (Lipinski definition) is 4. The third-order valence-electron chi connectivity index (χ3n) is 3.35. The van der Waals surface area contributed by atoms with E-state index in [1.807, 2.05) is 0 Å². The van der Waals surface area contributed by atoms with Crippen molar-refractivity contribution >= 4 is 24.6 Å². The minimum atomic E-state index is -1.10. The van der Waals surface area contributed by atoms with Gasteiger partial charge in [-0.15, -0.1) is 0 Å². The Morgan fingerprint density at radius 2 is 2.19 bits per heavy atom. The number of carbonyl (C=O) groups is 2. The summed E-state index contributed by atoms with van der Waals surface area (Å²) in [4.78, 5) is 23.6. The number of amides is 2. The highest BCUT2D eigenvalue weighted by molar-refractivity contribution is 7.80. The lowest BCUT2D eigenvalue weighted by Gasteiger charge is -2.31. The number of rotatable bonds is 2. The van der Waals surface area contributed by atoms with E-state index in [1.165, 1.54) is 0 Å². The molecule has 0 aromatic rings. The molecule has 1 aliphatic heterocycles. The molecule has 2 unspecified atom stereocenters. The van der Waals surface area contributed by atoms with Crippen molar-refractivity contribution in [1.82, 2.24) is 0 Å². The lowest BCUT2D eigenvalue weighted by Crippen LogP contribution is -2.61. The first kappa shape index (κ1) is 13.5. The summed E-state index contributed by atoms with van der Waals surface area (Å²) >= 11 is 4.05. The standard InChI is InChI=1S/C10H18N2O3S/c1-6(5-16)9(13)12(10(14)15)4-8(11)3-7(12)2/h6-8H,3-5,11H2,1-2H3,(H-,14,15,16)/p+1/t6?,7?,8-,12-/m0/s1. The average Bonchev–Trinajstić information content (AvgIpc) is 2.52. The van der Waals surface area contributed by atoms with Crippen LogP contribution in [0.1, 0.15) is 20.3 Å². The Morgan fingerprint density at radius 3 is 2.50 bits per heavy atom. The number of nitrogens with two attached hydrogens (primary N) is 1. The van der Waals surface area contributed by atoms with Gasteiger partial charge in [-0.25, -0.2) is 4.79 Å². The Morgan fingerprint density at radius 1 is 1.62 bits per heavy atom. The summed E-state index contributed by atoms with van der Waals surface area (Å²) in [6.45, 7) is 3.66. The molecule has 0 bridgehead atoms. The topological polar surface area (TPSA) is 80.4 Å². The molecule has 1 saturated heterocycles. The number of nitrogens with zero attached hydrogens (tertiary/aromatic N) is 1. The summed E-state index contributed by atoms with van der Waals surface area (Å²) < 4.78 is -0.539. The van der Waals surface area contributed by atoms with Crippen LogP contribution in [0.4, 0.5) is 4.79 Å². The number of carboxylic acid groups (broad SMARTS) is 1. The van der Waals surface area contributed by atoms with E-state index in [2.05, 4.69) is 12.6 Å². The molecule has 16 heavy (non-hydrogen) atoms. The van der Waals surface area contributed by atoms with E-state index in [-0.39, 0.29) is 30.5 Å².